The molecule has 27 heavy (non-hydrogen) atoms. The third-order valence-electron chi connectivity index (χ3n) is 4.31. The van der Waals surface area contributed by atoms with Crippen molar-refractivity contribution in [3.8, 4) is 22.6 Å². The Morgan fingerprint density at radius 2 is 1.56 bits per heavy atom. The summed E-state index contributed by atoms with van der Waals surface area (Å²) in [7, 11) is 1.60. The molecule has 0 atom stereocenters. The number of benzene rings is 3. The van der Waals surface area contributed by atoms with Crippen molar-refractivity contribution in [1.82, 2.24) is 0 Å². The highest BCUT2D eigenvalue weighted by molar-refractivity contribution is 5.89. The van der Waals surface area contributed by atoms with E-state index in [2.05, 4.69) is 31.2 Å². The molecule has 0 bridgehead atoms. The van der Waals surface area contributed by atoms with Gasteiger partial charge >= 0.3 is 5.97 Å². The summed E-state index contributed by atoms with van der Waals surface area (Å²) in [4.78, 5) is 12.2. The van der Waals surface area contributed by atoms with E-state index in [-0.39, 0.29) is 0 Å². The first-order valence-electron chi connectivity index (χ1n) is 8.77. The zero-order valence-electron chi connectivity index (χ0n) is 15.7. The van der Waals surface area contributed by atoms with Crippen LogP contribution in [0.25, 0.3) is 17.2 Å². The number of para-hydroxylation sites is 1. The van der Waals surface area contributed by atoms with E-state index in [1.165, 1.54) is 11.6 Å². The summed E-state index contributed by atoms with van der Waals surface area (Å²) < 4.78 is 10.8. The van der Waals surface area contributed by atoms with Crippen molar-refractivity contribution >= 4 is 12.0 Å². The fourth-order valence-corrected chi connectivity index (χ4v) is 2.79. The number of rotatable bonds is 5. The van der Waals surface area contributed by atoms with Crippen molar-refractivity contribution < 1.29 is 14.3 Å². The first-order valence-corrected chi connectivity index (χ1v) is 8.77. The van der Waals surface area contributed by atoms with Gasteiger partial charge in [-0.2, -0.15) is 0 Å². The van der Waals surface area contributed by atoms with E-state index in [0.717, 1.165) is 22.3 Å². The van der Waals surface area contributed by atoms with Crippen LogP contribution in [-0.4, -0.2) is 13.1 Å². The van der Waals surface area contributed by atoms with Crippen LogP contribution in [0.4, 0.5) is 0 Å². The molecule has 0 fully saturated rings. The van der Waals surface area contributed by atoms with Crippen LogP contribution < -0.4 is 9.47 Å². The molecule has 0 aliphatic rings. The summed E-state index contributed by atoms with van der Waals surface area (Å²) in [6.45, 7) is 4.00. The standard InChI is InChI=1S/C24H22O3/c1-17-8-10-19(11-9-17)21-12-14-22(18(2)16-21)27-24(25)15-13-20-6-4-5-7-23(20)26-3/h4-16H,1-3H3/b15-13+. The molecule has 3 aromatic carbocycles. The van der Waals surface area contributed by atoms with Crippen LogP contribution in [-0.2, 0) is 4.79 Å². The average molecular weight is 358 g/mol. The van der Waals surface area contributed by atoms with Crippen LogP contribution in [0.5, 0.6) is 11.5 Å². The minimum absolute atomic E-state index is 0.424. The Morgan fingerprint density at radius 3 is 2.26 bits per heavy atom. The molecular formula is C24H22O3. The highest BCUT2D eigenvalue weighted by atomic mass is 16.5. The van der Waals surface area contributed by atoms with Crippen molar-refractivity contribution in [1.29, 1.82) is 0 Å². The molecule has 0 saturated carbocycles. The zero-order chi connectivity index (χ0) is 19.2. The molecular weight excluding hydrogens is 336 g/mol. The van der Waals surface area contributed by atoms with Crippen LogP contribution in [0.2, 0.25) is 0 Å². The van der Waals surface area contributed by atoms with E-state index in [9.17, 15) is 4.79 Å². The number of aryl methyl sites for hydroxylation is 2. The van der Waals surface area contributed by atoms with Crippen molar-refractivity contribution in [3.05, 3.63) is 89.5 Å². The third-order valence-corrected chi connectivity index (χ3v) is 4.31. The van der Waals surface area contributed by atoms with Crippen LogP contribution in [0, 0.1) is 13.8 Å². The highest BCUT2D eigenvalue weighted by Crippen LogP contribution is 2.27. The molecule has 136 valence electrons. The maximum absolute atomic E-state index is 12.2. The minimum Gasteiger partial charge on any atom is -0.496 e. The van der Waals surface area contributed by atoms with Gasteiger partial charge in [0.25, 0.3) is 0 Å². The molecule has 3 heteroatoms. The van der Waals surface area contributed by atoms with Gasteiger partial charge in [0, 0.05) is 11.6 Å². The quantitative estimate of drug-likeness (QED) is 0.338. The van der Waals surface area contributed by atoms with Gasteiger partial charge in [-0.3, -0.25) is 0 Å². The second kappa shape index (κ2) is 8.37. The predicted molar refractivity (Wildman–Crippen MR) is 109 cm³/mol. The fourth-order valence-electron chi connectivity index (χ4n) is 2.79. The summed E-state index contributed by atoms with van der Waals surface area (Å²) in [5, 5.41) is 0. The second-order valence-electron chi connectivity index (χ2n) is 6.34. The smallest absolute Gasteiger partial charge is 0.336 e. The Morgan fingerprint density at radius 1 is 0.852 bits per heavy atom. The maximum atomic E-state index is 12.2. The molecule has 0 amide bonds. The van der Waals surface area contributed by atoms with Gasteiger partial charge in [0.2, 0.25) is 0 Å². The van der Waals surface area contributed by atoms with Gasteiger partial charge in [-0.05, 0) is 54.8 Å². The lowest BCUT2D eigenvalue weighted by Crippen LogP contribution is -2.05. The van der Waals surface area contributed by atoms with Crippen molar-refractivity contribution in [2.24, 2.45) is 0 Å². The molecule has 0 spiro atoms. The number of carbonyl (C=O) groups is 1. The summed E-state index contributed by atoms with van der Waals surface area (Å²) in [5.41, 5.74) is 5.19. The lowest BCUT2D eigenvalue weighted by molar-refractivity contribution is -0.128. The Hall–Kier alpha value is -3.33. The van der Waals surface area contributed by atoms with Gasteiger partial charge in [0.1, 0.15) is 11.5 Å². The van der Waals surface area contributed by atoms with E-state index < -0.39 is 5.97 Å². The van der Waals surface area contributed by atoms with E-state index in [1.54, 1.807) is 13.2 Å². The Balaban J connectivity index is 1.72. The lowest BCUT2D eigenvalue weighted by atomic mass is 10.0. The predicted octanol–water partition coefficient (Wildman–Crippen LogP) is 5.60. The molecule has 3 nitrogen and oxygen atoms in total. The molecule has 0 unspecified atom stereocenters. The van der Waals surface area contributed by atoms with E-state index >= 15 is 0 Å². The molecule has 0 saturated heterocycles. The Kier molecular flexibility index (Phi) is 5.72. The van der Waals surface area contributed by atoms with Crippen LogP contribution >= 0.6 is 0 Å². The van der Waals surface area contributed by atoms with E-state index in [1.807, 2.05) is 49.4 Å². The van der Waals surface area contributed by atoms with Gasteiger partial charge in [-0.25, -0.2) is 4.79 Å². The monoisotopic (exact) mass is 358 g/mol. The van der Waals surface area contributed by atoms with Crippen molar-refractivity contribution in [2.75, 3.05) is 7.11 Å². The van der Waals surface area contributed by atoms with Crippen molar-refractivity contribution in [3.63, 3.8) is 0 Å². The number of methoxy groups -OCH3 is 1. The average Bonchev–Trinajstić information content (AvgIpc) is 2.69. The number of carbonyl (C=O) groups excluding carboxylic acids is 1. The number of ether oxygens (including phenoxy) is 2. The van der Waals surface area contributed by atoms with Gasteiger partial charge in [0.05, 0.1) is 7.11 Å². The second-order valence-corrected chi connectivity index (χ2v) is 6.34. The lowest BCUT2D eigenvalue weighted by Gasteiger charge is -2.09. The Bertz CT molecular complexity index is 969. The zero-order valence-corrected chi connectivity index (χ0v) is 15.7. The molecule has 3 rings (SSSR count). The summed E-state index contributed by atoms with van der Waals surface area (Å²) in [6, 6.07) is 21.7. The van der Waals surface area contributed by atoms with Gasteiger partial charge in [-0.1, -0.05) is 54.1 Å². The molecule has 0 heterocycles. The third kappa shape index (κ3) is 4.64. The molecule has 0 aliphatic carbocycles. The first-order chi connectivity index (χ1) is 13.1. The Labute approximate surface area is 159 Å². The fraction of sp³-hybridized carbons (Fsp3) is 0.125. The molecule has 0 N–H and O–H groups in total. The highest BCUT2D eigenvalue weighted by Gasteiger charge is 2.07. The number of esters is 1. The van der Waals surface area contributed by atoms with E-state index in [4.69, 9.17) is 9.47 Å². The minimum atomic E-state index is -0.424. The van der Waals surface area contributed by atoms with Gasteiger partial charge in [0.15, 0.2) is 0 Å². The van der Waals surface area contributed by atoms with Gasteiger partial charge < -0.3 is 9.47 Å². The normalized spacial score (nSPS) is 10.8. The summed E-state index contributed by atoms with van der Waals surface area (Å²) in [6.07, 6.45) is 3.10. The largest absolute Gasteiger partial charge is 0.496 e. The number of hydrogen-bond donors (Lipinski definition) is 0. The van der Waals surface area contributed by atoms with Crippen LogP contribution in [0.1, 0.15) is 16.7 Å². The molecule has 0 aliphatic heterocycles. The topological polar surface area (TPSA) is 35.5 Å². The first kappa shape index (κ1) is 18.5. The van der Waals surface area contributed by atoms with Crippen LogP contribution in [0.3, 0.4) is 0 Å². The maximum Gasteiger partial charge on any atom is 0.336 e. The van der Waals surface area contributed by atoms with Crippen LogP contribution in [0.15, 0.2) is 72.8 Å². The SMILES string of the molecule is COc1ccccc1/C=C/C(=O)Oc1ccc(-c2ccc(C)cc2)cc1C. The summed E-state index contributed by atoms with van der Waals surface area (Å²) in [5.74, 6) is 0.841. The molecule has 3 aromatic rings. The van der Waals surface area contributed by atoms with Gasteiger partial charge in [-0.15, -0.1) is 0 Å². The molecule has 0 radical (unpaired) electrons. The molecule has 0 aromatic heterocycles. The van der Waals surface area contributed by atoms with Crippen molar-refractivity contribution in [2.45, 2.75) is 13.8 Å². The summed E-state index contributed by atoms with van der Waals surface area (Å²) >= 11 is 0. The number of hydrogen-bond acceptors (Lipinski definition) is 3. The van der Waals surface area contributed by atoms with E-state index in [0.29, 0.717) is 11.5 Å².